The van der Waals surface area contributed by atoms with Crippen molar-refractivity contribution in [2.45, 2.75) is 19.0 Å². The molecule has 124 valence electrons. The molecule has 0 spiro atoms. The molecule has 0 bridgehead atoms. The van der Waals surface area contributed by atoms with Crippen molar-refractivity contribution < 1.29 is 9.90 Å². The predicted molar refractivity (Wildman–Crippen MR) is 92.2 cm³/mol. The van der Waals surface area contributed by atoms with Crippen molar-refractivity contribution in [1.82, 2.24) is 16.3 Å². The molecule has 0 aromatic heterocycles. The van der Waals surface area contributed by atoms with Gasteiger partial charge in [0.2, 0.25) is 0 Å². The van der Waals surface area contributed by atoms with E-state index >= 15 is 0 Å². The number of carbonyl (C=O) groups is 1. The van der Waals surface area contributed by atoms with Gasteiger partial charge in [-0.3, -0.25) is 4.79 Å². The molecule has 0 radical (unpaired) electrons. The average molecular weight is 324 g/mol. The predicted octanol–water partition coefficient (Wildman–Crippen LogP) is 1.70. The first-order valence-corrected chi connectivity index (χ1v) is 7.83. The number of hydrogen-bond donors (Lipinski definition) is 4. The number of aromatic hydroxyl groups is 1. The number of hydrazone groups is 1. The van der Waals surface area contributed by atoms with Gasteiger partial charge < -0.3 is 5.11 Å². The van der Waals surface area contributed by atoms with E-state index in [0.29, 0.717) is 5.56 Å². The third-order valence-corrected chi connectivity index (χ3v) is 4.15. The second-order valence-electron chi connectivity index (χ2n) is 5.84. The molecule has 0 aliphatic carbocycles. The Kier molecular flexibility index (Phi) is 4.88. The first-order chi connectivity index (χ1) is 11.6. The van der Waals surface area contributed by atoms with Crippen molar-refractivity contribution >= 4 is 12.1 Å². The number of carbonyl (C=O) groups excluding carboxylic acids is 1. The fraction of sp³-hybridized carbons (Fsp3) is 0.222. The van der Waals surface area contributed by atoms with E-state index in [0.717, 1.165) is 5.56 Å². The molecule has 24 heavy (non-hydrogen) atoms. The summed E-state index contributed by atoms with van der Waals surface area (Å²) in [5.74, 6) is 0.0273. The van der Waals surface area contributed by atoms with Crippen molar-refractivity contribution in [3.05, 3.63) is 65.7 Å². The summed E-state index contributed by atoms with van der Waals surface area (Å²) in [6, 6.07) is 16.4. The van der Waals surface area contributed by atoms with Crippen LogP contribution in [0.1, 0.15) is 24.1 Å². The molecule has 2 aromatic carbocycles. The van der Waals surface area contributed by atoms with Gasteiger partial charge in [-0.25, -0.2) is 16.3 Å². The first-order valence-electron chi connectivity index (χ1n) is 7.83. The van der Waals surface area contributed by atoms with E-state index in [1.165, 1.54) is 6.21 Å². The Balaban J connectivity index is 1.60. The summed E-state index contributed by atoms with van der Waals surface area (Å²) >= 11 is 0. The van der Waals surface area contributed by atoms with Gasteiger partial charge in [0.25, 0.3) is 5.91 Å². The number of amides is 1. The summed E-state index contributed by atoms with van der Waals surface area (Å²) < 4.78 is 0. The van der Waals surface area contributed by atoms with E-state index in [2.05, 4.69) is 21.4 Å². The maximum Gasteiger partial charge on any atom is 0.258 e. The van der Waals surface area contributed by atoms with Gasteiger partial charge in [-0.05, 0) is 23.3 Å². The highest BCUT2D eigenvalue weighted by Crippen LogP contribution is 2.28. The second kappa shape index (κ2) is 7.25. The minimum Gasteiger partial charge on any atom is -0.508 e. The van der Waals surface area contributed by atoms with Crippen molar-refractivity contribution in [1.29, 1.82) is 0 Å². The van der Waals surface area contributed by atoms with Crippen LogP contribution in [0.2, 0.25) is 0 Å². The minimum absolute atomic E-state index is 0.0667. The van der Waals surface area contributed by atoms with Gasteiger partial charge in [-0.2, -0.15) is 5.10 Å². The summed E-state index contributed by atoms with van der Waals surface area (Å²) in [7, 11) is 0. The molecule has 1 amide bonds. The molecule has 1 fully saturated rings. The highest BCUT2D eigenvalue weighted by atomic mass is 16.3. The third-order valence-electron chi connectivity index (χ3n) is 4.15. The van der Waals surface area contributed by atoms with Gasteiger partial charge in [0.15, 0.2) is 0 Å². The zero-order valence-corrected chi connectivity index (χ0v) is 13.3. The third kappa shape index (κ3) is 3.61. The smallest absolute Gasteiger partial charge is 0.258 e. The molecule has 6 heteroatoms. The molecular formula is C18H20N4O2. The molecular weight excluding hydrogens is 304 g/mol. The number of hydrazine groups is 1. The van der Waals surface area contributed by atoms with Crippen molar-refractivity contribution in [3.8, 4) is 5.75 Å². The average Bonchev–Trinajstić information content (AvgIpc) is 2.97. The molecule has 6 nitrogen and oxygen atoms in total. The molecule has 1 aliphatic rings. The van der Waals surface area contributed by atoms with Crippen LogP contribution in [0.25, 0.3) is 0 Å². The molecule has 2 aromatic rings. The van der Waals surface area contributed by atoms with Gasteiger partial charge in [-0.15, -0.1) is 0 Å². The number of hydrogen-bond acceptors (Lipinski definition) is 5. The van der Waals surface area contributed by atoms with Crippen LogP contribution in [0.3, 0.4) is 0 Å². The first kappa shape index (κ1) is 16.2. The fourth-order valence-corrected chi connectivity index (χ4v) is 2.83. The van der Waals surface area contributed by atoms with E-state index in [1.807, 2.05) is 37.3 Å². The van der Waals surface area contributed by atoms with Crippen LogP contribution >= 0.6 is 0 Å². The van der Waals surface area contributed by atoms with Crippen molar-refractivity contribution in [2.24, 2.45) is 11.0 Å². The Morgan fingerprint density at radius 3 is 2.71 bits per heavy atom. The zero-order chi connectivity index (χ0) is 16.9. The Hall–Kier alpha value is -2.70. The summed E-state index contributed by atoms with van der Waals surface area (Å²) in [6.07, 6.45) is 1.50. The van der Waals surface area contributed by atoms with Crippen LogP contribution in [-0.4, -0.2) is 23.3 Å². The van der Waals surface area contributed by atoms with Crippen molar-refractivity contribution in [2.75, 3.05) is 0 Å². The molecule has 1 aliphatic heterocycles. The van der Waals surface area contributed by atoms with Crippen LogP contribution in [0.15, 0.2) is 59.7 Å². The maximum atomic E-state index is 12.3. The van der Waals surface area contributed by atoms with Gasteiger partial charge >= 0.3 is 0 Å². The Labute approximate surface area is 140 Å². The summed E-state index contributed by atoms with van der Waals surface area (Å²) in [4.78, 5) is 12.3. The Morgan fingerprint density at radius 2 is 1.96 bits per heavy atom. The van der Waals surface area contributed by atoms with Gasteiger partial charge in [0, 0.05) is 5.92 Å². The summed E-state index contributed by atoms with van der Waals surface area (Å²) in [5.41, 5.74) is 10.6. The molecule has 1 heterocycles. The fourth-order valence-electron chi connectivity index (χ4n) is 2.83. The largest absolute Gasteiger partial charge is 0.508 e. The van der Waals surface area contributed by atoms with Gasteiger partial charge in [0.1, 0.15) is 11.8 Å². The van der Waals surface area contributed by atoms with Crippen molar-refractivity contribution in [3.63, 3.8) is 0 Å². The maximum absolute atomic E-state index is 12.3. The van der Waals surface area contributed by atoms with E-state index in [4.69, 9.17) is 0 Å². The molecule has 3 rings (SSSR count). The number of phenolic OH excluding ortho intramolecular Hbond substituents is 1. The molecule has 3 atom stereocenters. The van der Waals surface area contributed by atoms with Crippen LogP contribution in [0, 0.1) is 5.92 Å². The highest BCUT2D eigenvalue weighted by Gasteiger charge is 2.37. The standard InChI is InChI=1S/C18H20N4O2/c1-12-16(14-7-3-2-4-8-14)20-21-17(12)18(24)22-19-11-13-6-5-9-15(23)10-13/h2-12,16-17,20-21,23H,1H3,(H,22,24)/b19-11+. The second-order valence-corrected chi connectivity index (χ2v) is 5.84. The number of benzene rings is 2. The molecule has 4 N–H and O–H groups in total. The quantitative estimate of drug-likeness (QED) is 0.509. The summed E-state index contributed by atoms with van der Waals surface area (Å²) in [5, 5.41) is 13.4. The number of phenols is 1. The number of rotatable bonds is 4. The van der Waals surface area contributed by atoms with Gasteiger partial charge in [0.05, 0.1) is 12.3 Å². The van der Waals surface area contributed by atoms with E-state index in [-0.39, 0.29) is 29.7 Å². The Morgan fingerprint density at radius 1 is 1.17 bits per heavy atom. The number of nitrogens with zero attached hydrogens (tertiary/aromatic N) is 1. The topological polar surface area (TPSA) is 85.8 Å². The zero-order valence-electron chi connectivity index (χ0n) is 13.3. The van der Waals surface area contributed by atoms with E-state index < -0.39 is 0 Å². The SMILES string of the molecule is CC1C(C(=O)N/N=C/c2cccc(O)c2)NNC1c1ccccc1. The highest BCUT2D eigenvalue weighted by molar-refractivity contribution is 5.85. The van der Waals surface area contributed by atoms with Crippen LogP contribution in [-0.2, 0) is 4.79 Å². The normalized spacial score (nSPS) is 23.5. The summed E-state index contributed by atoms with van der Waals surface area (Å²) in [6.45, 7) is 2.02. The monoisotopic (exact) mass is 324 g/mol. The van der Waals surface area contributed by atoms with Crippen LogP contribution < -0.4 is 16.3 Å². The molecule has 1 saturated heterocycles. The molecule has 0 saturated carbocycles. The van der Waals surface area contributed by atoms with E-state index in [1.54, 1.807) is 24.3 Å². The van der Waals surface area contributed by atoms with E-state index in [9.17, 15) is 9.90 Å². The Bertz CT molecular complexity index is 733. The van der Waals surface area contributed by atoms with Crippen LogP contribution in [0.5, 0.6) is 5.75 Å². The lowest BCUT2D eigenvalue weighted by molar-refractivity contribution is -0.123. The van der Waals surface area contributed by atoms with Gasteiger partial charge in [-0.1, -0.05) is 49.4 Å². The lowest BCUT2D eigenvalue weighted by Gasteiger charge is -2.17. The lowest BCUT2D eigenvalue weighted by atomic mass is 9.91. The minimum atomic E-state index is -0.378. The lowest BCUT2D eigenvalue weighted by Crippen LogP contribution is -2.43. The number of nitrogens with one attached hydrogen (secondary N) is 3. The molecule has 3 unspecified atom stereocenters. The van der Waals surface area contributed by atoms with Crippen LogP contribution in [0.4, 0.5) is 0 Å².